The summed E-state index contributed by atoms with van der Waals surface area (Å²) in [7, 11) is 0. The molecule has 91 heavy (non-hydrogen) atoms. The standard InChI is InChI=1S/C84H68N5O.Pt/c1-82(2,3)56-41-39-53(40-42-56)54-45-55(47-58(46-54)84(7,8)9)62-32-21-33-69-65-27-12-10-25-63(65)64-26-11-13-28-66(64)70-34-22-38-75-81(70)87(80(62)69)52-86(75)59-23-20-24-60(49-59)90-61-50-76(88-72-35-17-14-29-67(72)68-30-15-18-36-73(68)88)79-71-31-16-19-37-74(71)89(77(79)51-61)78-48-57(43-44-85-78)83(4,5)6;/h10-48,50,52H,1-9H3;/q-3;. The van der Waals surface area contributed by atoms with Gasteiger partial charge < -0.3 is 23.3 Å². The number of anilines is 2. The Balaban J connectivity index is 0.00000689. The minimum Gasteiger partial charge on any atom is -0.509 e. The van der Waals surface area contributed by atoms with Crippen LogP contribution in [0, 0.1) is 18.8 Å². The molecular weight excluding hydrogens is 1290 g/mol. The molecule has 0 aliphatic carbocycles. The second-order valence-corrected chi connectivity index (χ2v) is 27.3. The van der Waals surface area contributed by atoms with Crippen LogP contribution in [0.5, 0.6) is 11.5 Å². The molecule has 15 aromatic rings. The molecule has 1 aliphatic heterocycles. The molecule has 16 rings (SSSR count). The van der Waals surface area contributed by atoms with Crippen molar-refractivity contribution in [3.8, 4) is 45.3 Å². The quantitative estimate of drug-likeness (QED) is 0.149. The Morgan fingerprint density at radius 3 is 1.54 bits per heavy atom. The van der Waals surface area contributed by atoms with E-state index in [-0.39, 0.29) is 37.3 Å². The Hall–Kier alpha value is -9.87. The summed E-state index contributed by atoms with van der Waals surface area (Å²) >= 11 is 0. The van der Waals surface area contributed by atoms with E-state index >= 15 is 0 Å². The SMILES string of the molecule is CC(C)(C)c1ccc(-c2cc(-c3cccc4c5ccccc5c5ccccc5c5cccc6c5n(c34)[CH-]N6c3[c-]c(Oc4[c-]c5c(c(-n6c7ccccc7c7ccccc76)c4)c4ccccc4n5-c4cc(C(C)(C)C)ccn4)ccc3)cc(C(C)(C)C)c2)cc1.[Pt]. The van der Waals surface area contributed by atoms with Crippen LogP contribution in [-0.2, 0) is 37.3 Å². The van der Waals surface area contributed by atoms with Crippen LogP contribution in [-0.4, -0.2) is 18.7 Å². The van der Waals surface area contributed by atoms with Gasteiger partial charge in [0.2, 0.25) is 0 Å². The molecule has 0 saturated heterocycles. The largest absolute Gasteiger partial charge is 0.509 e. The summed E-state index contributed by atoms with van der Waals surface area (Å²) in [5, 5.41) is 11.5. The van der Waals surface area contributed by atoms with Crippen molar-refractivity contribution < 1.29 is 25.8 Å². The first-order chi connectivity index (χ1) is 43.5. The summed E-state index contributed by atoms with van der Waals surface area (Å²) in [5.74, 6) is 1.93. The van der Waals surface area contributed by atoms with Gasteiger partial charge >= 0.3 is 0 Å². The monoisotopic (exact) mass is 1360 g/mol. The molecule has 0 fully saturated rings. The fourth-order valence-electron chi connectivity index (χ4n) is 13.9. The van der Waals surface area contributed by atoms with Gasteiger partial charge in [0.15, 0.2) is 0 Å². The molecule has 0 unspecified atom stereocenters. The average molecular weight is 1360 g/mol. The Kier molecular flexibility index (Phi) is 13.7. The molecule has 11 aromatic carbocycles. The number of hydrogen-bond donors (Lipinski definition) is 0. The van der Waals surface area contributed by atoms with Crippen LogP contribution in [0.1, 0.15) is 79.0 Å². The van der Waals surface area contributed by atoms with Crippen LogP contribution in [0.4, 0.5) is 11.4 Å². The Labute approximate surface area is 546 Å². The summed E-state index contributed by atoms with van der Waals surface area (Å²) in [4.78, 5) is 7.38. The molecule has 0 radical (unpaired) electrons. The number of para-hydroxylation sites is 5. The zero-order valence-corrected chi connectivity index (χ0v) is 54.9. The first-order valence-electron chi connectivity index (χ1n) is 31.3. The molecule has 0 N–H and O–H groups in total. The van der Waals surface area contributed by atoms with Crippen LogP contribution < -0.4 is 9.64 Å². The van der Waals surface area contributed by atoms with Crippen molar-refractivity contribution in [3.63, 3.8) is 0 Å². The van der Waals surface area contributed by atoms with E-state index in [2.05, 4.69) is 330 Å². The molecule has 1 aliphatic rings. The maximum absolute atomic E-state index is 7.26. The smallest absolute Gasteiger partial charge is 0.135 e. The van der Waals surface area contributed by atoms with E-state index in [0.717, 1.165) is 94.0 Å². The summed E-state index contributed by atoms with van der Waals surface area (Å²) in [5.41, 5.74) is 17.4. The zero-order valence-electron chi connectivity index (χ0n) is 52.6. The third-order valence-corrected chi connectivity index (χ3v) is 18.5. The van der Waals surface area contributed by atoms with Gasteiger partial charge in [-0.1, -0.05) is 249 Å². The molecule has 6 nitrogen and oxygen atoms in total. The fraction of sp³-hybridized carbons (Fsp3) is 0.143. The topological polar surface area (TPSA) is 40.1 Å². The van der Waals surface area contributed by atoms with E-state index in [4.69, 9.17) is 9.72 Å². The number of nitrogens with zero attached hydrogens (tertiary/aromatic N) is 5. The van der Waals surface area contributed by atoms with Crippen molar-refractivity contribution in [2.24, 2.45) is 0 Å². The minimum absolute atomic E-state index is 0. The third kappa shape index (κ3) is 9.65. The number of pyridine rings is 1. The molecule has 448 valence electrons. The van der Waals surface area contributed by atoms with Crippen molar-refractivity contribution in [1.82, 2.24) is 18.7 Å². The van der Waals surface area contributed by atoms with Gasteiger partial charge in [0.1, 0.15) is 5.82 Å². The van der Waals surface area contributed by atoms with E-state index < -0.39 is 0 Å². The summed E-state index contributed by atoms with van der Waals surface area (Å²) in [6.07, 6.45) is 1.93. The molecule has 7 heteroatoms. The van der Waals surface area contributed by atoms with Crippen LogP contribution in [0.2, 0.25) is 0 Å². The van der Waals surface area contributed by atoms with Crippen molar-refractivity contribution in [2.75, 3.05) is 4.90 Å². The fourth-order valence-corrected chi connectivity index (χ4v) is 13.9. The normalized spacial score (nSPS) is 12.6. The molecule has 0 bridgehead atoms. The maximum atomic E-state index is 7.26. The summed E-state index contributed by atoms with van der Waals surface area (Å²) in [6, 6.07) is 94.3. The molecule has 0 spiro atoms. The van der Waals surface area contributed by atoms with Gasteiger partial charge in [-0.25, -0.2) is 4.98 Å². The van der Waals surface area contributed by atoms with Crippen LogP contribution >= 0.6 is 0 Å². The number of aromatic nitrogens is 4. The number of benzene rings is 11. The maximum Gasteiger partial charge on any atom is 0.135 e. The number of hydrogen-bond acceptors (Lipinski definition) is 3. The summed E-state index contributed by atoms with van der Waals surface area (Å²) in [6.45, 7) is 22.8. The van der Waals surface area contributed by atoms with E-state index in [9.17, 15) is 0 Å². The van der Waals surface area contributed by atoms with Gasteiger partial charge in [0, 0.05) is 60.7 Å². The van der Waals surface area contributed by atoms with E-state index in [1.54, 1.807) is 0 Å². The summed E-state index contributed by atoms with van der Waals surface area (Å²) < 4.78 is 14.4. The van der Waals surface area contributed by atoms with E-state index in [1.165, 1.54) is 54.7 Å². The second-order valence-electron chi connectivity index (χ2n) is 27.3. The van der Waals surface area contributed by atoms with E-state index in [0.29, 0.717) is 11.5 Å². The molecule has 0 atom stereocenters. The number of rotatable bonds is 7. The first-order valence-corrected chi connectivity index (χ1v) is 31.3. The molecule has 0 amide bonds. The van der Waals surface area contributed by atoms with Crippen LogP contribution in [0.25, 0.3) is 121 Å². The van der Waals surface area contributed by atoms with Crippen molar-refractivity contribution >= 4 is 98.3 Å². The Morgan fingerprint density at radius 1 is 0.385 bits per heavy atom. The average Bonchev–Trinajstić information content (AvgIpc) is 1.58. The van der Waals surface area contributed by atoms with Crippen molar-refractivity contribution in [3.05, 3.63) is 278 Å². The van der Waals surface area contributed by atoms with Gasteiger partial charge in [0.25, 0.3) is 0 Å². The third-order valence-electron chi connectivity index (χ3n) is 18.5. The van der Waals surface area contributed by atoms with Gasteiger partial charge in [-0.3, -0.25) is 0 Å². The van der Waals surface area contributed by atoms with Crippen molar-refractivity contribution in [2.45, 2.75) is 78.6 Å². The van der Waals surface area contributed by atoms with Gasteiger partial charge in [0.05, 0.1) is 11.0 Å². The Morgan fingerprint density at radius 2 is 0.912 bits per heavy atom. The van der Waals surface area contributed by atoms with Gasteiger partial charge in [-0.15, -0.1) is 30.3 Å². The Bertz CT molecular complexity index is 5450. The van der Waals surface area contributed by atoms with Crippen LogP contribution in [0.15, 0.2) is 243 Å². The first kappa shape index (κ1) is 57.6. The second kappa shape index (κ2) is 21.7. The van der Waals surface area contributed by atoms with Gasteiger partial charge in [-0.05, 0) is 159 Å². The number of ether oxygens (including phenoxy) is 1. The predicted octanol–water partition coefficient (Wildman–Crippen LogP) is 22.6. The van der Waals surface area contributed by atoms with Crippen molar-refractivity contribution in [1.29, 1.82) is 0 Å². The molecule has 5 heterocycles. The van der Waals surface area contributed by atoms with E-state index in [1.807, 2.05) is 12.3 Å². The number of fused-ring (bicyclic) bond motifs is 13. The van der Waals surface area contributed by atoms with Gasteiger partial charge in [-0.2, -0.15) is 6.07 Å². The molecule has 4 aromatic heterocycles. The molecular formula is C84H68N5OPt-3. The minimum atomic E-state index is -0.131. The predicted molar refractivity (Wildman–Crippen MR) is 378 cm³/mol. The molecule has 0 saturated carbocycles. The van der Waals surface area contributed by atoms with Crippen LogP contribution in [0.3, 0.4) is 0 Å². The zero-order chi connectivity index (χ0) is 61.4.